The van der Waals surface area contributed by atoms with Crippen LogP contribution in [0.4, 0.5) is 0 Å². The molecule has 10 heavy (non-hydrogen) atoms. The van der Waals surface area contributed by atoms with E-state index in [-0.39, 0.29) is 18.1 Å². The van der Waals surface area contributed by atoms with E-state index in [4.69, 9.17) is 21.3 Å². The number of rotatable bonds is 2. The van der Waals surface area contributed by atoms with E-state index in [1.807, 2.05) is 20.8 Å². The molecule has 1 aliphatic heterocycles. The number of hydrogen-bond acceptors (Lipinski definition) is 3. The third-order valence-corrected chi connectivity index (χ3v) is 1.95. The second kappa shape index (κ2) is 2.66. The maximum Gasteiger partial charge on any atom is 0.182 e. The largest absolute Gasteiger partial charge is 0.322 e. The molecular weight excluding hydrogens is 154 g/mol. The van der Waals surface area contributed by atoms with Crippen LogP contribution < -0.4 is 4.84 Å². The SMILES string of the molecule is CC1OC(C(C)(C)NCl)O1. The van der Waals surface area contributed by atoms with E-state index in [2.05, 4.69) is 4.84 Å². The predicted molar refractivity (Wildman–Crippen MR) is 38.5 cm³/mol. The van der Waals surface area contributed by atoms with Gasteiger partial charge in [-0.3, -0.25) is 0 Å². The maximum atomic E-state index is 5.44. The van der Waals surface area contributed by atoms with E-state index in [9.17, 15) is 0 Å². The first-order valence-corrected chi connectivity index (χ1v) is 3.63. The van der Waals surface area contributed by atoms with E-state index in [1.54, 1.807) is 0 Å². The Labute approximate surface area is 65.8 Å². The van der Waals surface area contributed by atoms with Gasteiger partial charge in [-0.25, -0.2) is 4.84 Å². The third-order valence-electron chi connectivity index (χ3n) is 1.46. The molecule has 0 saturated carbocycles. The molecule has 0 amide bonds. The van der Waals surface area contributed by atoms with Crippen molar-refractivity contribution in [2.24, 2.45) is 0 Å². The van der Waals surface area contributed by atoms with Crippen LogP contribution in [0.5, 0.6) is 0 Å². The summed E-state index contributed by atoms with van der Waals surface area (Å²) >= 11 is 5.44. The zero-order chi connectivity index (χ0) is 7.78. The Morgan fingerprint density at radius 1 is 1.40 bits per heavy atom. The summed E-state index contributed by atoms with van der Waals surface area (Å²) in [6.07, 6.45) is -0.311. The predicted octanol–water partition coefficient (Wildman–Crippen LogP) is 1.23. The molecule has 60 valence electrons. The average molecular weight is 166 g/mol. The van der Waals surface area contributed by atoms with Crippen LogP contribution in [0, 0.1) is 0 Å². The number of nitrogens with one attached hydrogen (secondary N) is 1. The fourth-order valence-corrected chi connectivity index (χ4v) is 0.832. The minimum atomic E-state index is -0.311. The van der Waals surface area contributed by atoms with Gasteiger partial charge in [-0.2, -0.15) is 0 Å². The third kappa shape index (κ3) is 1.42. The molecule has 0 aromatic heterocycles. The van der Waals surface area contributed by atoms with Crippen LogP contribution in [-0.4, -0.2) is 18.1 Å². The Balaban J connectivity index is 2.36. The van der Waals surface area contributed by atoms with Gasteiger partial charge in [-0.15, -0.1) is 0 Å². The molecule has 0 aliphatic carbocycles. The molecule has 1 saturated heterocycles. The van der Waals surface area contributed by atoms with Gasteiger partial charge in [0.15, 0.2) is 12.6 Å². The monoisotopic (exact) mass is 165 g/mol. The van der Waals surface area contributed by atoms with Crippen molar-refractivity contribution in [1.29, 1.82) is 0 Å². The van der Waals surface area contributed by atoms with Crippen LogP contribution >= 0.6 is 11.8 Å². The van der Waals surface area contributed by atoms with Crippen molar-refractivity contribution in [1.82, 2.24) is 4.84 Å². The standard InChI is InChI=1S/C6H12ClNO2/c1-4-9-5(10-4)6(2,3)8-7/h4-5,8H,1-3H3. The summed E-state index contributed by atoms with van der Waals surface area (Å²) in [4.78, 5) is 2.59. The number of ether oxygens (including phenoxy) is 2. The smallest absolute Gasteiger partial charge is 0.182 e. The lowest BCUT2D eigenvalue weighted by atomic mass is 10.1. The summed E-state index contributed by atoms with van der Waals surface area (Å²) in [5.41, 5.74) is -0.311. The Morgan fingerprint density at radius 3 is 2.20 bits per heavy atom. The highest BCUT2D eigenvalue weighted by Gasteiger charge is 2.40. The molecule has 1 aliphatic rings. The van der Waals surface area contributed by atoms with E-state index in [1.165, 1.54) is 0 Å². The summed E-state index contributed by atoms with van der Waals surface area (Å²) < 4.78 is 10.5. The Morgan fingerprint density at radius 2 is 1.90 bits per heavy atom. The Kier molecular flexibility index (Phi) is 2.20. The molecule has 1 rings (SSSR count). The van der Waals surface area contributed by atoms with Gasteiger partial charge in [0.25, 0.3) is 0 Å². The van der Waals surface area contributed by atoms with Crippen molar-refractivity contribution in [3.63, 3.8) is 0 Å². The van der Waals surface area contributed by atoms with E-state index in [0.717, 1.165) is 0 Å². The first-order chi connectivity index (χ1) is 4.56. The van der Waals surface area contributed by atoms with Gasteiger partial charge < -0.3 is 9.47 Å². The van der Waals surface area contributed by atoms with E-state index < -0.39 is 0 Å². The lowest BCUT2D eigenvalue weighted by molar-refractivity contribution is -0.393. The lowest BCUT2D eigenvalue weighted by Gasteiger charge is -2.42. The Bertz CT molecular complexity index is 123. The van der Waals surface area contributed by atoms with Crippen molar-refractivity contribution in [2.75, 3.05) is 0 Å². The van der Waals surface area contributed by atoms with E-state index in [0.29, 0.717) is 0 Å². The van der Waals surface area contributed by atoms with Crippen molar-refractivity contribution >= 4 is 11.8 Å². The highest BCUT2D eigenvalue weighted by atomic mass is 35.5. The molecule has 3 nitrogen and oxygen atoms in total. The van der Waals surface area contributed by atoms with Gasteiger partial charge in [-0.05, 0) is 32.5 Å². The molecule has 0 atom stereocenters. The van der Waals surface area contributed by atoms with Gasteiger partial charge in [-0.1, -0.05) is 0 Å². The number of hydrogen-bond donors (Lipinski definition) is 1. The molecule has 0 radical (unpaired) electrons. The molecular formula is C6H12ClNO2. The fourth-order valence-electron chi connectivity index (χ4n) is 0.743. The topological polar surface area (TPSA) is 30.5 Å². The van der Waals surface area contributed by atoms with Gasteiger partial charge in [0.2, 0.25) is 0 Å². The zero-order valence-corrected chi connectivity index (χ0v) is 7.11. The normalized spacial score (nSPS) is 33.6. The van der Waals surface area contributed by atoms with Crippen LogP contribution in [0.15, 0.2) is 0 Å². The molecule has 0 unspecified atom stereocenters. The van der Waals surface area contributed by atoms with Crippen molar-refractivity contribution in [2.45, 2.75) is 38.9 Å². The molecule has 1 fully saturated rings. The van der Waals surface area contributed by atoms with Gasteiger partial charge >= 0.3 is 0 Å². The molecule has 0 aromatic rings. The van der Waals surface area contributed by atoms with Crippen molar-refractivity contribution in [3.8, 4) is 0 Å². The second-order valence-corrected chi connectivity index (χ2v) is 3.18. The minimum Gasteiger partial charge on any atom is -0.322 e. The molecule has 4 heteroatoms. The van der Waals surface area contributed by atoms with Crippen LogP contribution in [-0.2, 0) is 9.47 Å². The molecule has 1 N–H and O–H groups in total. The van der Waals surface area contributed by atoms with Crippen LogP contribution in [0.25, 0.3) is 0 Å². The summed E-state index contributed by atoms with van der Waals surface area (Å²) in [7, 11) is 0. The molecule has 1 heterocycles. The van der Waals surface area contributed by atoms with Crippen LogP contribution in [0.3, 0.4) is 0 Å². The van der Waals surface area contributed by atoms with Gasteiger partial charge in [0.1, 0.15) is 0 Å². The lowest BCUT2D eigenvalue weighted by Crippen LogP contribution is -2.56. The van der Waals surface area contributed by atoms with Gasteiger partial charge in [0.05, 0.1) is 5.54 Å². The first kappa shape index (κ1) is 8.27. The highest BCUT2D eigenvalue weighted by molar-refractivity contribution is 6.13. The average Bonchev–Trinajstić information content (AvgIpc) is 1.81. The summed E-state index contributed by atoms with van der Waals surface area (Å²) in [5, 5.41) is 0. The van der Waals surface area contributed by atoms with Crippen molar-refractivity contribution < 1.29 is 9.47 Å². The number of halogens is 1. The quantitative estimate of drug-likeness (QED) is 0.625. The van der Waals surface area contributed by atoms with Crippen LogP contribution in [0.2, 0.25) is 0 Å². The van der Waals surface area contributed by atoms with Crippen molar-refractivity contribution in [3.05, 3.63) is 0 Å². The summed E-state index contributed by atoms with van der Waals surface area (Å²) in [6, 6.07) is 0. The first-order valence-electron chi connectivity index (χ1n) is 3.25. The molecule has 0 spiro atoms. The molecule has 0 aromatic carbocycles. The summed E-state index contributed by atoms with van der Waals surface area (Å²) in [6.45, 7) is 5.67. The second-order valence-electron chi connectivity index (χ2n) is 2.99. The minimum absolute atomic E-state index is 0.0886. The molecule has 0 bridgehead atoms. The highest BCUT2D eigenvalue weighted by Crippen LogP contribution is 2.26. The van der Waals surface area contributed by atoms with Crippen LogP contribution in [0.1, 0.15) is 20.8 Å². The summed E-state index contributed by atoms with van der Waals surface area (Å²) in [5.74, 6) is 0. The van der Waals surface area contributed by atoms with Gasteiger partial charge in [0, 0.05) is 0 Å². The maximum absolute atomic E-state index is 5.44. The Hall–Kier alpha value is 0.170. The fraction of sp³-hybridized carbons (Fsp3) is 1.00. The zero-order valence-electron chi connectivity index (χ0n) is 6.35. The van der Waals surface area contributed by atoms with E-state index >= 15 is 0 Å².